The van der Waals surface area contributed by atoms with Gasteiger partial charge in [-0.25, -0.2) is 0 Å². The standard InChI is InChI=1S/C17H22ClN3O4/c1-9(2)15(17(23)19-10(3)11-4-5-11)20-16(22)12-6-7-13(18)14(8-12)21(24)25/h6-11,15H,4-5H2,1-3H3,(H,19,23)(H,20,22). The Labute approximate surface area is 151 Å². The van der Waals surface area contributed by atoms with E-state index in [2.05, 4.69) is 10.6 Å². The van der Waals surface area contributed by atoms with Gasteiger partial charge in [0.15, 0.2) is 0 Å². The fourth-order valence-corrected chi connectivity index (χ4v) is 2.77. The number of hydrogen-bond acceptors (Lipinski definition) is 4. The average Bonchev–Trinajstić information content (AvgIpc) is 3.36. The predicted octanol–water partition coefficient (Wildman–Crippen LogP) is 2.92. The molecule has 2 amide bonds. The van der Waals surface area contributed by atoms with Crippen molar-refractivity contribution in [2.75, 3.05) is 0 Å². The quantitative estimate of drug-likeness (QED) is 0.571. The Kier molecular flexibility index (Phi) is 6.00. The van der Waals surface area contributed by atoms with E-state index < -0.39 is 16.9 Å². The molecule has 0 spiro atoms. The van der Waals surface area contributed by atoms with E-state index in [4.69, 9.17) is 11.6 Å². The first-order chi connectivity index (χ1) is 11.7. The Bertz CT molecular complexity index is 688. The molecule has 1 aromatic rings. The van der Waals surface area contributed by atoms with Crippen LogP contribution >= 0.6 is 11.6 Å². The van der Waals surface area contributed by atoms with Crippen LogP contribution in [0.5, 0.6) is 0 Å². The van der Waals surface area contributed by atoms with Crippen molar-refractivity contribution in [3.05, 3.63) is 38.9 Å². The number of nitrogens with zero attached hydrogens (tertiary/aromatic N) is 1. The molecule has 1 aliphatic rings. The topological polar surface area (TPSA) is 101 Å². The van der Waals surface area contributed by atoms with Gasteiger partial charge in [-0.15, -0.1) is 0 Å². The molecule has 0 heterocycles. The van der Waals surface area contributed by atoms with Crippen molar-refractivity contribution in [2.24, 2.45) is 11.8 Å². The normalized spacial score (nSPS) is 16.2. The maximum atomic E-state index is 12.5. The fourth-order valence-electron chi connectivity index (χ4n) is 2.58. The van der Waals surface area contributed by atoms with E-state index >= 15 is 0 Å². The van der Waals surface area contributed by atoms with Crippen LogP contribution in [0.1, 0.15) is 44.0 Å². The summed E-state index contributed by atoms with van der Waals surface area (Å²) in [5, 5.41) is 16.5. The summed E-state index contributed by atoms with van der Waals surface area (Å²) in [6, 6.07) is 3.16. The molecule has 1 fully saturated rings. The molecule has 2 N–H and O–H groups in total. The summed E-state index contributed by atoms with van der Waals surface area (Å²) in [5.41, 5.74) is -0.257. The van der Waals surface area contributed by atoms with Gasteiger partial charge in [0.05, 0.1) is 4.92 Å². The van der Waals surface area contributed by atoms with Gasteiger partial charge < -0.3 is 10.6 Å². The molecule has 0 aromatic heterocycles. The number of amides is 2. The number of carbonyl (C=O) groups excluding carboxylic acids is 2. The summed E-state index contributed by atoms with van der Waals surface area (Å²) in [6.45, 7) is 5.62. The molecule has 0 aliphatic heterocycles. The molecule has 2 unspecified atom stereocenters. The molecule has 0 saturated heterocycles. The van der Waals surface area contributed by atoms with Crippen molar-refractivity contribution < 1.29 is 14.5 Å². The Morgan fingerprint density at radius 1 is 1.24 bits per heavy atom. The molecule has 0 bridgehead atoms. The highest BCUT2D eigenvalue weighted by molar-refractivity contribution is 6.32. The first-order valence-corrected chi connectivity index (χ1v) is 8.63. The van der Waals surface area contributed by atoms with Crippen LogP contribution in [-0.4, -0.2) is 28.8 Å². The molecular weight excluding hydrogens is 346 g/mol. The van der Waals surface area contributed by atoms with Gasteiger partial charge in [0, 0.05) is 17.7 Å². The largest absolute Gasteiger partial charge is 0.352 e. The number of nitro benzene ring substituents is 1. The van der Waals surface area contributed by atoms with Crippen LogP contribution in [0, 0.1) is 22.0 Å². The minimum absolute atomic E-state index is 0.0436. The third-order valence-electron chi connectivity index (χ3n) is 4.34. The Hall–Kier alpha value is -2.15. The van der Waals surface area contributed by atoms with Crippen molar-refractivity contribution in [1.29, 1.82) is 0 Å². The smallest absolute Gasteiger partial charge is 0.288 e. The first-order valence-electron chi connectivity index (χ1n) is 8.26. The Morgan fingerprint density at radius 2 is 1.88 bits per heavy atom. The highest BCUT2D eigenvalue weighted by atomic mass is 35.5. The Balaban J connectivity index is 2.10. The van der Waals surface area contributed by atoms with Crippen LogP contribution in [0.4, 0.5) is 5.69 Å². The summed E-state index contributed by atoms with van der Waals surface area (Å²) in [7, 11) is 0. The number of nitro groups is 1. The molecule has 2 rings (SSSR count). The van der Waals surface area contributed by atoms with Crippen LogP contribution in [0.2, 0.25) is 5.02 Å². The Morgan fingerprint density at radius 3 is 2.40 bits per heavy atom. The number of hydrogen-bond donors (Lipinski definition) is 2. The number of nitrogens with one attached hydrogen (secondary N) is 2. The van der Waals surface area contributed by atoms with Gasteiger partial charge >= 0.3 is 0 Å². The lowest BCUT2D eigenvalue weighted by molar-refractivity contribution is -0.384. The average molecular weight is 368 g/mol. The molecule has 1 aromatic carbocycles. The van der Waals surface area contributed by atoms with Gasteiger partial charge in [-0.1, -0.05) is 25.4 Å². The van der Waals surface area contributed by atoms with Crippen LogP contribution in [-0.2, 0) is 4.79 Å². The summed E-state index contributed by atoms with van der Waals surface area (Å²) < 4.78 is 0. The second-order valence-electron chi connectivity index (χ2n) is 6.75. The van der Waals surface area contributed by atoms with Gasteiger partial charge in [-0.3, -0.25) is 19.7 Å². The first kappa shape index (κ1) is 19.2. The van der Waals surface area contributed by atoms with Crippen molar-refractivity contribution in [2.45, 2.75) is 45.7 Å². The van der Waals surface area contributed by atoms with Crippen molar-refractivity contribution >= 4 is 29.1 Å². The molecule has 8 heteroatoms. The van der Waals surface area contributed by atoms with Crippen LogP contribution in [0.25, 0.3) is 0 Å². The molecule has 25 heavy (non-hydrogen) atoms. The minimum Gasteiger partial charge on any atom is -0.352 e. The van der Waals surface area contributed by atoms with E-state index in [1.54, 1.807) is 0 Å². The molecule has 2 atom stereocenters. The molecule has 1 saturated carbocycles. The number of halogens is 1. The third-order valence-corrected chi connectivity index (χ3v) is 4.66. The summed E-state index contributed by atoms with van der Waals surface area (Å²) >= 11 is 5.76. The lowest BCUT2D eigenvalue weighted by atomic mass is 10.0. The summed E-state index contributed by atoms with van der Waals surface area (Å²) in [5.74, 6) is -0.414. The fraction of sp³-hybridized carbons (Fsp3) is 0.529. The van der Waals surface area contributed by atoms with Crippen LogP contribution < -0.4 is 10.6 Å². The van der Waals surface area contributed by atoms with E-state index in [1.165, 1.54) is 12.1 Å². The van der Waals surface area contributed by atoms with Crippen LogP contribution in [0.15, 0.2) is 18.2 Å². The van der Waals surface area contributed by atoms with Crippen molar-refractivity contribution in [3.63, 3.8) is 0 Å². The van der Waals surface area contributed by atoms with Crippen molar-refractivity contribution in [3.8, 4) is 0 Å². The molecule has 0 radical (unpaired) electrons. The van der Waals surface area contributed by atoms with E-state index in [0.29, 0.717) is 5.92 Å². The van der Waals surface area contributed by atoms with Gasteiger partial charge in [0.2, 0.25) is 5.91 Å². The van der Waals surface area contributed by atoms with Crippen LogP contribution in [0.3, 0.4) is 0 Å². The van der Waals surface area contributed by atoms with Gasteiger partial charge in [0.25, 0.3) is 11.6 Å². The van der Waals surface area contributed by atoms with Gasteiger partial charge in [0.1, 0.15) is 11.1 Å². The highest BCUT2D eigenvalue weighted by Gasteiger charge is 2.32. The molecule has 1 aliphatic carbocycles. The lowest BCUT2D eigenvalue weighted by Gasteiger charge is -2.24. The summed E-state index contributed by atoms with van der Waals surface area (Å²) in [4.78, 5) is 35.2. The predicted molar refractivity (Wildman–Crippen MR) is 94.5 cm³/mol. The molecule has 7 nitrogen and oxygen atoms in total. The molecular formula is C17H22ClN3O4. The zero-order valence-corrected chi connectivity index (χ0v) is 15.2. The monoisotopic (exact) mass is 367 g/mol. The van der Waals surface area contributed by atoms with E-state index in [1.807, 2.05) is 20.8 Å². The lowest BCUT2D eigenvalue weighted by Crippen LogP contribution is -2.52. The van der Waals surface area contributed by atoms with Gasteiger partial charge in [-0.05, 0) is 43.7 Å². The van der Waals surface area contributed by atoms with E-state index in [0.717, 1.165) is 18.9 Å². The summed E-state index contributed by atoms with van der Waals surface area (Å²) in [6.07, 6.45) is 2.21. The molecule has 136 valence electrons. The zero-order chi connectivity index (χ0) is 18.7. The zero-order valence-electron chi connectivity index (χ0n) is 14.4. The maximum Gasteiger partial charge on any atom is 0.288 e. The maximum absolute atomic E-state index is 12.5. The second-order valence-corrected chi connectivity index (χ2v) is 7.16. The number of benzene rings is 1. The SMILES string of the molecule is CC(C)C(NC(=O)c1ccc(Cl)c([N+](=O)[O-])c1)C(=O)NC(C)C1CC1. The second kappa shape index (κ2) is 7.82. The van der Waals surface area contributed by atoms with E-state index in [-0.39, 0.29) is 34.1 Å². The highest BCUT2D eigenvalue weighted by Crippen LogP contribution is 2.32. The minimum atomic E-state index is -0.719. The van der Waals surface area contributed by atoms with Gasteiger partial charge in [-0.2, -0.15) is 0 Å². The third kappa shape index (κ3) is 4.92. The number of rotatable bonds is 7. The number of carbonyl (C=O) groups is 2. The van der Waals surface area contributed by atoms with E-state index in [9.17, 15) is 19.7 Å². The van der Waals surface area contributed by atoms with Crippen molar-refractivity contribution in [1.82, 2.24) is 10.6 Å².